The van der Waals surface area contributed by atoms with Crippen LogP contribution in [0.5, 0.6) is 11.5 Å². The summed E-state index contributed by atoms with van der Waals surface area (Å²) in [4.78, 5) is 12.7. The maximum absolute atomic E-state index is 13.2. The zero-order chi connectivity index (χ0) is 22.4. The first-order chi connectivity index (χ1) is 14.8. The summed E-state index contributed by atoms with van der Waals surface area (Å²) in [5.41, 5.74) is 1.09. The van der Waals surface area contributed by atoms with Crippen molar-refractivity contribution in [1.29, 1.82) is 0 Å². The third-order valence-corrected chi connectivity index (χ3v) is 7.49. The number of nitrogens with zero attached hydrogens (tertiary/aromatic N) is 1. The standard InChI is InChI=1S/C22H27ClN2O5S/c1-29-19-8-5-16(6-9-19)11-12-24-22(26)17-4-3-13-25(15-17)31(27,28)21-14-18(23)7-10-20(21)30-2/h5-10,14,17H,3-4,11-13,15H2,1-2H3,(H,24,26)/t17-/m1/s1. The van der Waals surface area contributed by atoms with Crippen molar-refractivity contribution >= 4 is 27.5 Å². The number of methoxy groups -OCH3 is 2. The Balaban J connectivity index is 1.61. The van der Waals surface area contributed by atoms with Crippen molar-refractivity contribution < 1.29 is 22.7 Å². The fourth-order valence-corrected chi connectivity index (χ4v) is 5.57. The SMILES string of the molecule is COc1ccc(CCNC(=O)[C@@H]2CCCN(S(=O)(=O)c3cc(Cl)ccc3OC)C2)cc1. The minimum Gasteiger partial charge on any atom is -0.497 e. The number of carbonyl (C=O) groups is 1. The lowest BCUT2D eigenvalue weighted by Gasteiger charge is -2.31. The van der Waals surface area contributed by atoms with Gasteiger partial charge in [0.2, 0.25) is 15.9 Å². The molecule has 0 saturated carbocycles. The summed E-state index contributed by atoms with van der Waals surface area (Å²) in [6.07, 6.45) is 1.94. The minimum atomic E-state index is -3.83. The second kappa shape index (κ2) is 10.3. The van der Waals surface area contributed by atoms with Crippen LogP contribution in [0, 0.1) is 5.92 Å². The summed E-state index contributed by atoms with van der Waals surface area (Å²) < 4.78 is 38.1. The number of sulfonamides is 1. The molecule has 0 aliphatic carbocycles. The maximum Gasteiger partial charge on any atom is 0.246 e. The van der Waals surface area contributed by atoms with E-state index in [1.54, 1.807) is 13.2 Å². The number of hydrogen-bond donors (Lipinski definition) is 1. The van der Waals surface area contributed by atoms with E-state index in [-0.39, 0.29) is 23.1 Å². The number of hydrogen-bond acceptors (Lipinski definition) is 5. The Bertz CT molecular complexity index is 1010. The van der Waals surface area contributed by atoms with Gasteiger partial charge >= 0.3 is 0 Å². The molecule has 0 bridgehead atoms. The largest absolute Gasteiger partial charge is 0.497 e. The highest BCUT2D eigenvalue weighted by Gasteiger charge is 2.34. The van der Waals surface area contributed by atoms with E-state index in [2.05, 4.69) is 5.32 Å². The molecule has 31 heavy (non-hydrogen) atoms. The molecule has 0 unspecified atom stereocenters. The first-order valence-corrected chi connectivity index (χ1v) is 11.9. The van der Waals surface area contributed by atoms with E-state index in [1.807, 2.05) is 24.3 Å². The van der Waals surface area contributed by atoms with Gasteiger partial charge in [0, 0.05) is 24.7 Å². The number of nitrogens with one attached hydrogen (secondary N) is 1. The first kappa shape index (κ1) is 23.4. The normalized spacial score (nSPS) is 17.2. The Morgan fingerprint density at radius 1 is 1.16 bits per heavy atom. The number of piperidine rings is 1. The molecule has 1 N–H and O–H groups in total. The van der Waals surface area contributed by atoms with Crippen molar-refractivity contribution in [1.82, 2.24) is 9.62 Å². The lowest BCUT2D eigenvalue weighted by Crippen LogP contribution is -2.45. The molecule has 1 atom stereocenters. The predicted octanol–water partition coefficient (Wildman–Crippen LogP) is 3.12. The molecule has 3 rings (SSSR count). The van der Waals surface area contributed by atoms with Gasteiger partial charge in [0.05, 0.1) is 20.1 Å². The Morgan fingerprint density at radius 2 is 1.90 bits per heavy atom. The topological polar surface area (TPSA) is 84.9 Å². The fraction of sp³-hybridized carbons (Fsp3) is 0.409. The summed E-state index contributed by atoms with van der Waals surface area (Å²) in [6.45, 7) is 0.969. The zero-order valence-electron chi connectivity index (χ0n) is 17.6. The van der Waals surface area contributed by atoms with Crippen molar-refractivity contribution in [3.8, 4) is 11.5 Å². The molecular weight excluding hydrogens is 440 g/mol. The van der Waals surface area contributed by atoms with Gasteiger partial charge in [0.25, 0.3) is 0 Å². The maximum atomic E-state index is 13.2. The predicted molar refractivity (Wildman–Crippen MR) is 119 cm³/mol. The highest BCUT2D eigenvalue weighted by Crippen LogP contribution is 2.32. The van der Waals surface area contributed by atoms with Crippen molar-refractivity contribution in [3.05, 3.63) is 53.1 Å². The van der Waals surface area contributed by atoms with Crippen molar-refractivity contribution in [2.45, 2.75) is 24.2 Å². The Hall–Kier alpha value is -2.29. The van der Waals surface area contributed by atoms with Gasteiger partial charge in [-0.3, -0.25) is 4.79 Å². The van der Waals surface area contributed by atoms with Crippen LogP contribution in [0.3, 0.4) is 0 Å². The second-order valence-corrected chi connectivity index (χ2v) is 9.73. The van der Waals surface area contributed by atoms with Crippen LogP contribution in [0.2, 0.25) is 5.02 Å². The summed E-state index contributed by atoms with van der Waals surface area (Å²) in [7, 11) is -0.801. The van der Waals surface area contributed by atoms with E-state index >= 15 is 0 Å². The molecule has 168 valence electrons. The van der Waals surface area contributed by atoms with Gasteiger partial charge in [-0.15, -0.1) is 0 Å². The molecule has 2 aromatic rings. The van der Waals surface area contributed by atoms with Crippen LogP contribution < -0.4 is 14.8 Å². The Labute approximate surface area is 188 Å². The molecule has 1 aliphatic rings. The van der Waals surface area contributed by atoms with Gasteiger partial charge in [0.1, 0.15) is 16.4 Å². The van der Waals surface area contributed by atoms with E-state index in [1.165, 1.54) is 23.5 Å². The second-order valence-electron chi connectivity index (χ2n) is 7.39. The Morgan fingerprint density at radius 3 is 2.58 bits per heavy atom. The molecule has 2 aromatic carbocycles. The average molecular weight is 467 g/mol. The molecule has 9 heteroatoms. The number of rotatable bonds is 8. The number of halogens is 1. The van der Waals surface area contributed by atoms with Gasteiger partial charge in [-0.25, -0.2) is 8.42 Å². The molecule has 1 aliphatic heterocycles. The van der Waals surface area contributed by atoms with Crippen LogP contribution in [-0.2, 0) is 21.2 Å². The average Bonchev–Trinajstić information content (AvgIpc) is 2.79. The summed E-state index contributed by atoms with van der Waals surface area (Å²) >= 11 is 6.01. The zero-order valence-corrected chi connectivity index (χ0v) is 19.2. The summed E-state index contributed by atoms with van der Waals surface area (Å²) in [6, 6.07) is 12.2. The summed E-state index contributed by atoms with van der Waals surface area (Å²) in [5.74, 6) is 0.485. The van der Waals surface area contributed by atoms with Gasteiger partial charge in [0.15, 0.2) is 0 Å². The van der Waals surface area contributed by atoms with Gasteiger partial charge in [-0.1, -0.05) is 23.7 Å². The molecule has 1 fully saturated rings. The summed E-state index contributed by atoms with van der Waals surface area (Å²) in [5, 5.41) is 3.24. The van der Waals surface area contributed by atoms with Crippen molar-refractivity contribution in [2.75, 3.05) is 33.9 Å². The minimum absolute atomic E-state index is 0.0167. The smallest absolute Gasteiger partial charge is 0.246 e. The van der Waals surface area contributed by atoms with Crippen LogP contribution >= 0.6 is 11.6 Å². The van der Waals surface area contributed by atoms with E-state index in [9.17, 15) is 13.2 Å². The lowest BCUT2D eigenvalue weighted by molar-refractivity contribution is -0.126. The van der Waals surface area contributed by atoms with Gasteiger partial charge in [-0.2, -0.15) is 4.31 Å². The van der Waals surface area contributed by atoms with Gasteiger partial charge < -0.3 is 14.8 Å². The third-order valence-electron chi connectivity index (χ3n) is 5.37. The van der Waals surface area contributed by atoms with Crippen LogP contribution in [0.15, 0.2) is 47.4 Å². The van der Waals surface area contributed by atoms with Crippen LogP contribution in [0.1, 0.15) is 18.4 Å². The molecule has 1 heterocycles. The van der Waals surface area contributed by atoms with E-state index < -0.39 is 15.9 Å². The Kier molecular flexibility index (Phi) is 7.80. The van der Waals surface area contributed by atoms with E-state index in [0.29, 0.717) is 37.4 Å². The highest BCUT2D eigenvalue weighted by atomic mass is 35.5. The van der Waals surface area contributed by atoms with Crippen molar-refractivity contribution in [3.63, 3.8) is 0 Å². The number of carbonyl (C=O) groups excluding carboxylic acids is 1. The molecular formula is C22H27ClN2O5S. The monoisotopic (exact) mass is 466 g/mol. The third kappa shape index (κ3) is 5.70. The fourth-order valence-electron chi connectivity index (χ4n) is 3.63. The van der Waals surface area contributed by atoms with Crippen LogP contribution in [0.4, 0.5) is 0 Å². The molecule has 1 saturated heterocycles. The van der Waals surface area contributed by atoms with Gasteiger partial charge in [-0.05, 0) is 55.2 Å². The number of ether oxygens (including phenoxy) is 2. The molecule has 0 aromatic heterocycles. The quantitative estimate of drug-likeness (QED) is 0.646. The molecule has 7 nitrogen and oxygen atoms in total. The lowest BCUT2D eigenvalue weighted by atomic mass is 9.99. The van der Waals surface area contributed by atoms with Crippen molar-refractivity contribution in [2.24, 2.45) is 5.92 Å². The molecule has 1 amide bonds. The first-order valence-electron chi connectivity index (χ1n) is 10.1. The van der Waals surface area contributed by atoms with E-state index in [0.717, 1.165) is 11.3 Å². The van der Waals surface area contributed by atoms with Crippen LogP contribution in [-0.4, -0.2) is 52.5 Å². The van der Waals surface area contributed by atoms with Crippen LogP contribution in [0.25, 0.3) is 0 Å². The highest BCUT2D eigenvalue weighted by molar-refractivity contribution is 7.89. The number of benzene rings is 2. The molecule has 0 radical (unpaired) electrons. The number of amides is 1. The van der Waals surface area contributed by atoms with E-state index in [4.69, 9.17) is 21.1 Å². The molecule has 0 spiro atoms.